The van der Waals surface area contributed by atoms with Gasteiger partial charge in [0.25, 0.3) is 5.91 Å². The first-order valence-electron chi connectivity index (χ1n) is 6.57. The molecule has 0 saturated carbocycles. The van der Waals surface area contributed by atoms with Gasteiger partial charge in [-0.3, -0.25) is 9.59 Å². The molecule has 2 amide bonds. The molecule has 0 fully saturated rings. The maximum atomic E-state index is 11.6. The summed E-state index contributed by atoms with van der Waals surface area (Å²) < 4.78 is 0. The van der Waals surface area contributed by atoms with Gasteiger partial charge < -0.3 is 21.5 Å². The van der Waals surface area contributed by atoms with E-state index in [1.54, 1.807) is 24.3 Å². The van der Waals surface area contributed by atoms with Gasteiger partial charge in [-0.15, -0.1) is 0 Å². The van der Waals surface area contributed by atoms with Gasteiger partial charge in [-0.05, 0) is 37.6 Å². The Kier molecular flexibility index (Phi) is 6.69. The number of benzene rings is 1. The van der Waals surface area contributed by atoms with Crippen LogP contribution in [0.5, 0.6) is 0 Å². The molecule has 0 aliphatic carbocycles. The minimum Gasteiger partial charge on any atom is -0.395 e. The molecule has 20 heavy (non-hydrogen) atoms. The van der Waals surface area contributed by atoms with Gasteiger partial charge in [-0.25, -0.2) is 0 Å². The van der Waals surface area contributed by atoms with Crippen molar-refractivity contribution in [2.45, 2.75) is 25.8 Å². The molecule has 1 aromatic rings. The molecular formula is C14H21N3O3. The van der Waals surface area contributed by atoms with Crippen molar-refractivity contribution in [3.05, 3.63) is 29.8 Å². The summed E-state index contributed by atoms with van der Waals surface area (Å²) in [7, 11) is 0. The number of anilines is 1. The second kappa shape index (κ2) is 8.29. The van der Waals surface area contributed by atoms with E-state index in [9.17, 15) is 9.59 Å². The summed E-state index contributed by atoms with van der Waals surface area (Å²) in [6.45, 7) is 1.97. The van der Waals surface area contributed by atoms with Crippen molar-refractivity contribution < 1.29 is 14.7 Å². The molecule has 5 N–H and O–H groups in total. The van der Waals surface area contributed by atoms with Crippen molar-refractivity contribution in [2.24, 2.45) is 5.73 Å². The van der Waals surface area contributed by atoms with E-state index in [2.05, 4.69) is 10.6 Å². The Balaban J connectivity index is 2.50. The lowest BCUT2D eigenvalue weighted by Gasteiger charge is -2.08. The van der Waals surface area contributed by atoms with Crippen LogP contribution in [0.15, 0.2) is 24.3 Å². The number of hydrogen-bond donors (Lipinski definition) is 4. The molecule has 0 aromatic heterocycles. The van der Waals surface area contributed by atoms with Crippen LogP contribution in [0.25, 0.3) is 0 Å². The molecule has 1 unspecified atom stereocenters. The maximum Gasteiger partial charge on any atom is 0.251 e. The van der Waals surface area contributed by atoms with Gasteiger partial charge in [0.05, 0.1) is 6.61 Å². The topological polar surface area (TPSA) is 104 Å². The van der Waals surface area contributed by atoms with Crippen LogP contribution in [-0.2, 0) is 4.79 Å². The zero-order valence-corrected chi connectivity index (χ0v) is 11.6. The molecule has 1 rings (SSSR count). The third-order valence-corrected chi connectivity index (χ3v) is 2.65. The molecule has 6 nitrogen and oxygen atoms in total. The van der Waals surface area contributed by atoms with Gasteiger partial charge in [0.2, 0.25) is 5.91 Å². The molecule has 110 valence electrons. The normalized spacial score (nSPS) is 11.8. The summed E-state index contributed by atoms with van der Waals surface area (Å²) >= 11 is 0. The number of aliphatic hydroxyl groups excluding tert-OH is 1. The first-order valence-corrected chi connectivity index (χ1v) is 6.57. The second-order valence-electron chi connectivity index (χ2n) is 4.62. The fraction of sp³-hybridized carbons (Fsp3) is 0.429. The van der Waals surface area contributed by atoms with Gasteiger partial charge in [0, 0.05) is 30.3 Å². The average Bonchev–Trinajstić information content (AvgIpc) is 2.43. The highest BCUT2D eigenvalue weighted by atomic mass is 16.3. The Morgan fingerprint density at radius 2 is 1.95 bits per heavy atom. The van der Waals surface area contributed by atoms with Gasteiger partial charge in [0.1, 0.15) is 0 Å². The van der Waals surface area contributed by atoms with E-state index >= 15 is 0 Å². The Bertz CT molecular complexity index is 443. The smallest absolute Gasteiger partial charge is 0.251 e. The first kappa shape index (κ1) is 16.1. The quantitative estimate of drug-likeness (QED) is 0.582. The zero-order chi connectivity index (χ0) is 15.0. The van der Waals surface area contributed by atoms with Crippen LogP contribution >= 0.6 is 0 Å². The van der Waals surface area contributed by atoms with Crippen molar-refractivity contribution in [1.29, 1.82) is 0 Å². The monoisotopic (exact) mass is 279 g/mol. The number of carbonyl (C=O) groups is 2. The van der Waals surface area contributed by atoms with E-state index in [-0.39, 0.29) is 31.0 Å². The lowest BCUT2D eigenvalue weighted by atomic mass is 10.1. The van der Waals surface area contributed by atoms with E-state index in [0.29, 0.717) is 24.1 Å². The highest BCUT2D eigenvalue weighted by Crippen LogP contribution is 2.10. The second-order valence-corrected chi connectivity index (χ2v) is 4.62. The molecule has 0 aliphatic rings. The van der Waals surface area contributed by atoms with E-state index < -0.39 is 0 Å². The van der Waals surface area contributed by atoms with Crippen LogP contribution in [0.2, 0.25) is 0 Å². The van der Waals surface area contributed by atoms with E-state index in [1.807, 2.05) is 6.92 Å². The fourth-order valence-electron chi connectivity index (χ4n) is 1.56. The van der Waals surface area contributed by atoms with Crippen molar-refractivity contribution in [3.8, 4) is 0 Å². The summed E-state index contributed by atoms with van der Waals surface area (Å²) in [6.07, 6.45) is 1.00. The van der Waals surface area contributed by atoms with E-state index in [1.165, 1.54) is 0 Å². The van der Waals surface area contributed by atoms with Crippen LogP contribution in [0.1, 0.15) is 30.1 Å². The van der Waals surface area contributed by atoms with Crippen LogP contribution in [0, 0.1) is 0 Å². The van der Waals surface area contributed by atoms with E-state index in [4.69, 9.17) is 10.8 Å². The summed E-state index contributed by atoms with van der Waals surface area (Å²) in [5.74, 6) is -0.353. The molecular weight excluding hydrogens is 258 g/mol. The number of nitrogens with one attached hydrogen (secondary N) is 2. The third-order valence-electron chi connectivity index (χ3n) is 2.65. The average molecular weight is 279 g/mol. The van der Waals surface area contributed by atoms with Crippen molar-refractivity contribution in [3.63, 3.8) is 0 Å². The molecule has 0 spiro atoms. The van der Waals surface area contributed by atoms with E-state index in [0.717, 1.165) is 0 Å². The van der Waals surface area contributed by atoms with Crippen LogP contribution < -0.4 is 16.4 Å². The van der Waals surface area contributed by atoms with Crippen molar-refractivity contribution in [2.75, 3.05) is 18.5 Å². The van der Waals surface area contributed by atoms with Gasteiger partial charge in [-0.2, -0.15) is 0 Å². The summed E-state index contributed by atoms with van der Waals surface area (Å²) in [6, 6.07) is 6.56. The molecule has 0 heterocycles. The van der Waals surface area contributed by atoms with Crippen LogP contribution in [-0.4, -0.2) is 36.1 Å². The predicted molar refractivity (Wildman–Crippen MR) is 77.4 cm³/mol. The molecule has 1 aromatic carbocycles. The Morgan fingerprint density at radius 3 is 2.50 bits per heavy atom. The number of nitrogens with two attached hydrogens (primary N) is 1. The van der Waals surface area contributed by atoms with Gasteiger partial charge >= 0.3 is 0 Å². The number of rotatable bonds is 7. The number of hydrogen-bond acceptors (Lipinski definition) is 4. The van der Waals surface area contributed by atoms with Gasteiger partial charge in [-0.1, -0.05) is 0 Å². The minimum atomic E-state index is -0.256. The van der Waals surface area contributed by atoms with Crippen LogP contribution in [0.4, 0.5) is 5.69 Å². The number of carbonyl (C=O) groups excluding carboxylic acids is 2. The fourth-order valence-corrected chi connectivity index (χ4v) is 1.56. The maximum absolute atomic E-state index is 11.6. The first-order chi connectivity index (χ1) is 9.52. The molecule has 0 bridgehead atoms. The summed E-state index contributed by atoms with van der Waals surface area (Å²) in [5, 5.41) is 13.9. The van der Waals surface area contributed by atoms with Crippen LogP contribution in [0.3, 0.4) is 0 Å². The molecule has 0 radical (unpaired) electrons. The minimum absolute atomic E-state index is 0.00153. The molecule has 1 atom stereocenters. The van der Waals surface area contributed by atoms with Gasteiger partial charge in [0.15, 0.2) is 0 Å². The zero-order valence-electron chi connectivity index (χ0n) is 11.6. The Hall–Kier alpha value is -1.92. The highest BCUT2D eigenvalue weighted by molar-refractivity contribution is 5.95. The summed E-state index contributed by atoms with van der Waals surface area (Å²) in [5.41, 5.74) is 6.70. The molecule has 0 aliphatic heterocycles. The largest absolute Gasteiger partial charge is 0.395 e. The predicted octanol–water partition coefficient (Wildman–Crippen LogP) is 0.475. The molecule has 0 saturated heterocycles. The lowest BCUT2D eigenvalue weighted by Crippen LogP contribution is -2.26. The Morgan fingerprint density at radius 1 is 1.30 bits per heavy atom. The summed E-state index contributed by atoms with van der Waals surface area (Å²) in [4.78, 5) is 23.2. The third kappa shape index (κ3) is 5.81. The standard InChI is InChI=1S/C14H21N3O3/c1-10(15)2-7-13(19)17-12-5-3-11(4-6-12)14(20)16-8-9-18/h3-6,10,18H,2,7-9,15H2,1H3,(H,16,20)(H,17,19). The molecule has 6 heteroatoms. The SMILES string of the molecule is CC(N)CCC(=O)Nc1ccc(C(=O)NCCO)cc1. The number of aliphatic hydroxyl groups is 1. The lowest BCUT2D eigenvalue weighted by molar-refractivity contribution is -0.116. The van der Waals surface area contributed by atoms with Crippen molar-refractivity contribution >= 4 is 17.5 Å². The number of amides is 2. The Labute approximate surface area is 118 Å². The van der Waals surface area contributed by atoms with Crippen molar-refractivity contribution in [1.82, 2.24) is 5.32 Å². The highest BCUT2D eigenvalue weighted by Gasteiger charge is 2.06.